The molecule has 0 radical (unpaired) electrons. The molecule has 0 spiro atoms. The maximum absolute atomic E-state index is 10.3. The Morgan fingerprint density at radius 3 is 1.43 bits per heavy atom. The number of nitrogens with two attached hydrogens (primary N) is 1. The fourth-order valence-corrected chi connectivity index (χ4v) is 1.23. The molecule has 2 aliphatic carbocycles. The quantitative estimate of drug-likeness (QED) is 0.532. The molecular formula is C6H5N3O5. The molecule has 74 valence electrons. The molecular weight excluding hydrogens is 194 g/mol. The first-order valence-corrected chi connectivity index (χ1v) is 3.35. The van der Waals surface area contributed by atoms with Crippen LogP contribution in [-0.4, -0.2) is 15.1 Å². The Bertz CT molecular complexity index is 452. The average Bonchev–Trinajstić information content (AvgIpc) is 2.10. The van der Waals surface area contributed by atoms with Crippen LogP contribution in [0.25, 0.3) is 0 Å². The fraction of sp³-hybridized carbons (Fsp3) is 0. The Morgan fingerprint density at radius 1 is 1.00 bits per heavy atom. The van der Waals surface area contributed by atoms with Crippen LogP contribution in [0, 0.1) is 30.7 Å². The van der Waals surface area contributed by atoms with Crippen molar-refractivity contribution in [1.29, 1.82) is 0 Å². The van der Waals surface area contributed by atoms with Crippen molar-refractivity contribution >= 4 is 11.4 Å². The van der Waals surface area contributed by atoms with Crippen molar-refractivity contribution in [1.82, 2.24) is 0 Å². The molecule has 8 nitrogen and oxygen atoms in total. The van der Waals surface area contributed by atoms with Crippen LogP contribution < -0.4 is 5.90 Å². The Balaban J connectivity index is 0.000000461. The van der Waals surface area contributed by atoms with Crippen LogP contribution in [0.4, 0.5) is 11.4 Å². The molecule has 0 saturated heterocycles. The van der Waals surface area contributed by atoms with E-state index in [0.717, 1.165) is 0 Å². The first kappa shape index (κ1) is 10.0. The summed E-state index contributed by atoms with van der Waals surface area (Å²) in [6.45, 7) is 0. The van der Waals surface area contributed by atoms with Gasteiger partial charge in [0.2, 0.25) is 0 Å². The summed E-state index contributed by atoms with van der Waals surface area (Å²) in [5.41, 5.74) is -0.727. The van der Waals surface area contributed by atoms with Gasteiger partial charge in [0.1, 0.15) is 0 Å². The minimum atomic E-state index is -0.722. The maximum atomic E-state index is 10.3. The highest BCUT2D eigenvalue weighted by Gasteiger charge is 2.35. The van der Waals surface area contributed by atoms with E-state index in [0.29, 0.717) is 10.4 Å². The highest BCUT2D eigenvalue weighted by molar-refractivity contribution is 5.64. The molecule has 14 heavy (non-hydrogen) atoms. The lowest BCUT2D eigenvalue weighted by Crippen LogP contribution is -2.05. The van der Waals surface area contributed by atoms with Gasteiger partial charge in [-0.15, -0.1) is 0 Å². The molecule has 2 aliphatic rings. The minimum absolute atomic E-state index is 0.363. The average molecular weight is 199 g/mol. The SMILES string of the molecule is NO.O=[N+]([O-])c1c([N+](=O)[O-])c2ccc1=2. The summed E-state index contributed by atoms with van der Waals surface area (Å²) in [5, 5.41) is 27.8. The van der Waals surface area contributed by atoms with E-state index in [9.17, 15) is 20.2 Å². The molecule has 0 atom stereocenters. The number of nitrogens with zero attached hydrogens (tertiary/aromatic N) is 2. The first-order chi connectivity index (χ1) is 6.63. The number of nitro benzene ring substituents is 2. The van der Waals surface area contributed by atoms with Crippen LogP contribution >= 0.6 is 0 Å². The van der Waals surface area contributed by atoms with Crippen molar-refractivity contribution in [2.75, 3.05) is 0 Å². The van der Waals surface area contributed by atoms with Gasteiger partial charge in [-0.25, -0.2) is 5.90 Å². The zero-order chi connectivity index (χ0) is 10.9. The lowest BCUT2D eigenvalue weighted by molar-refractivity contribution is -0.426. The third-order valence-corrected chi connectivity index (χ3v) is 1.81. The van der Waals surface area contributed by atoms with Crippen LogP contribution in [0.2, 0.25) is 0 Å². The minimum Gasteiger partial charge on any atom is -0.320 e. The molecule has 0 aromatic carbocycles. The van der Waals surface area contributed by atoms with Gasteiger partial charge in [-0.3, -0.25) is 20.2 Å². The number of hydrogen-bond donors (Lipinski definition) is 2. The van der Waals surface area contributed by atoms with E-state index in [1.165, 1.54) is 12.1 Å². The zero-order valence-corrected chi connectivity index (χ0v) is 6.71. The monoisotopic (exact) mass is 199 g/mol. The third-order valence-electron chi connectivity index (χ3n) is 1.81. The number of rotatable bonds is 2. The molecule has 0 fully saturated rings. The standard InChI is InChI=1S/C6H2N2O4.H3NO/c9-7(10)5-3-1-2-4(3)6(5)8(11)12;1-2/h1-2H;2H,1H2. The van der Waals surface area contributed by atoms with E-state index in [1.807, 2.05) is 0 Å². The normalized spacial score (nSPS) is 9.86. The summed E-state index contributed by atoms with van der Waals surface area (Å²) in [5.74, 6) is 3.50. The van der Waals surface area contributed by atoms with Crippen molar-refractivity contribution in [3.63, 3.8) is 0 Å². The molecule has 0 aliphatic heterocycles. The van der Waals surface area contributed by atoms with Gasteiger partial charge in [0.05, 0.1) is 20.3 Å². The Hall–Kier alpha value is -2.06. The van der Waals surface area contributed by atoms with E-state index < -0.39 is 9.85 Å². The van der Waals surface area contributed by atoms with Crippen molar-refractivity contribution < 1.29 is 15.1 Å². The predicted octanol–water partition coefficient (Wildman–Crippen LogP) is 0.438. The third kappa shape index (κ3) is 1.09. The molecule has 0 bridgehead atoms. The van der Waals surface area contributed by atoms with Crippen molar-refractivity contribution in [3.05, 3.63) is 42.8 Å². The van der Waals surface area contributed by atoms with E-state index in [4.69, 9.17) is 5.21 Å². The summed E-state index contributed by atoms with van der Waals surface area (Å²) < 4.78 is 0. The summed E-state index contributed by atoms with van der Waals surface area (Å²) in [7, 11) is 0. The van der Waals surface area contributed by atoms with Gasteiger partial charge in [-0.1, -0.05) is 0 Å². The van der Waals surface area contributed by atoms with E-state index in [-0.39, 0.29) is 11.4 Å². The number of nitro groups is 2. The first-order valence-electron chi connectivity index (χ1n) is 3.35. The Labute approximate surface area is 76.1 Å². The molecule has 0 saturated carbocycles. The second kappa shape index (κ2) is 3.36. The highest BCUT2D eigenvalue weighted by Crippen LogP contribution is 2.37. The van der Waals surface area contributed by atoms with Gasteiger partial charge < -0.3 is 5.21 Å². The molecule has 0 aromatic rings. The smallest absolute Gasteiger partial charge is 0.320 e. The van der Waals surface area contributed by atoms with E-state index in [1.54, 1.807) is 0 Å². The molecule has 0 heterocycles. The fourth-order valence-electron chi connectivity index (χ4n) is 1.23. The highest BCUT2D eigenvalue weighted by atomic mass is 16.6. The Kier molecular flexibility index (Phi) is 2.40. The van der Waals surface area contributed by atoms with Gasteiger partial charge in [0.15, 0.2) is 0 Å². The van der Waals surface area contributed by atoms with Gasteiger partial charge in [-0.05, 0) is 12.1 Å². The zero-order valence-electron chi connectivity index (χ0n) is 6.71. The molecule has 0 amide bonds. The van der Waals surface area contributed by atoms with Crippen molar-refractivity contribution in [2.24, 2.45) is 5.90 Å². The van der Waals surface area contributed by atoms with Crippen LogP contribution in [0.5, 0.6) is 0 Å². The number of hydrogen-bond acceptors (Lipinski definition) is 6. The molecule has 0 unspecified atom stereocenters. The van der Waals surface area contributed by atoms with Crippen LogP contribution in [0.1, 0.15) is 0 Å². The van der Waals surface area contributed by atoms with Crippen molar-refractivity contribution in [2.45, 2.75) is 0 Å². The topological polar surface area (TPSA) is 133 Å². The maximum Gasteiger partial charge on any atom is 0.354 e. The number of benzene rings is 1. The summed E-state index contributed by atoms with van der Waals surface area (Å²) in [6, 6.07) is 3.00. The molecule has 3 N–H and O–H groups in total. The second-order valence-corrected chi connectivity index (χ2v) is 2.37. The van der Waals surface area contributed by atoms with Crippen LogP contribution in [-0.2, 0) is 0 Å². The summed E-state index contributed by atoms with van der Waals surface area (Å²) in [4.78, 5) is 19.1. The Morgan fingerprint density at radius 2 is 1.29 bits per heavy atom. The van der Waals surface area contributed by atoms with Gasteiger partial charge in [-0.2, -0.15) is 0 Å². The second-order valence-electron chi connectivity index (χ2n) is 2.37. The lowest BCUT2D eigenvalue weighted by Gasteiger charge is -2.04. The van der Waals surface area contributed by atoms with Gasteiger partial charge >= 0.3 is 11.4 Å². The predicted molar refractivity (Wildman–Crippen MR) is 43.4 cm³/mol. The molecule has 0 aromatic heterocycles. The summed E-state index contributed by atoms with van der Waals surface area (Å²) >= 11 is 0. The van der Waals surface area contributed by atoms with Crippen molar-refractivity contribution in [3.8, 4) is 0 Å². The van der Waals surface area contributed by atoms with Gasteiger partial charge in [0, 0.05) is 0 Å². The largest absolute Gasteiger partial charge is 0.354 e. The van der Waals surface area contributed by atoms with Crippen LogP contribution in [0.15, 0.2) is 12.1 Å². The molecule has 2 rings (SSSR count). The van der Waals surface area contributed by atoms with Gasteiger partial charge in [0.25, 0.3) is 0 Å². The van der Waals surface area contributed by atoms with E-state index in [2.05, 4.69) is 5.90 Å². The lowest BCUT2D eigenvalue weighted by atomic mass is 10.0. The van der Waals surface area contributed by atoms with E-state index >= 15 is 0 Å². The molecule has 8 heteroatoms. The van der Waals surface area contributed by atoms with Crippen LogP contribution in [0.3, 0.4) is 0 Å². The summed E-state index contributed by atoms with van der Waals surface area (Å²) in [6.07, 6.45) is 0.